The van der Waals surface area contributed by atoms with E-state index < -0.39 is 0 Å². The maximum Gasteiger partial charge on any atom is 0.0934 e. The van der Waals surface area contributed by atoms with Gasteiger partial charge in [0.15, 0.2) is 0 Å². The lowest BCUT2D eigenvalue weighted by Crippen LogP contribution is -2.31. The number of likely N-dealkylation sites (tertiary alicyclic amines) is 1. The Morgan fingerprint density at radius 2 is 1.74 bits per heavy atom. The van der Waals surface area contributed by atoms with Crippen molar-refractivity contribution >= 4 is 11.3 Å². The van der Waals surface area contributed by atoms with Crippen LogP contribution in [0.5, 0.6) is 0 Å². The Labute approximate surface area is 166 Å². The first-order valence-electron chi connectivity index (χ1n) is 10.6. The molecule has 2 aliphatic heterocycles. The molecule has 144 valence electrons. The standard InChI is InChI=1S/C23H30N2OS/c1-2-4-19(5-3-1)22-13-24-23(27-22)12-18-10-20-15-25(16-21(20)11-18)14-17-6-8-26-9-7-17/h1-5,13,17-18,20-21H,6-12,14-16H2/t18?,20-,21+. The number of fused-ring (bicyclic) bond motifs is 1. The molecule has 3 aliphatic rings. The lowest BCUT2D eigenvalue weighted by molar-refractivity contribution is 0.0544. The second-order valence-corrected chi connectivity index (χ2v) is 9.94. The van der Waals surface area contributed by atoms with Crippen molar-refractivity contribution in [1.82, 2.24) is 9.88 Å². The van der Waals surface area contributed by atoms with Gasteiger partial charge in [0.1, 0.15) is 0 Å². The fraction of sp³-hybridized carbons (Fsp3) is 0.609. The highest BCUT2D eigenvalue weighted by molar-refractivity contribution is 7.15. The molecule has 4 heteroatoms. The number of aromatic nitrogens is 1. The normalized spacial score (nSPS) is 29.3. The number of ether oxygens (including phenoxy) is 1. The average Bonchev–Trinajstić information content (AvgIpc) is 3.39. The SMILES string of the molecule is c1ccc(-c2cnc(CC3C[C@@H]4CN(CC5CCOCC5)C[C@@H]4C3)s2)cc1. The maximum atomic E-state index is 5.52. The van der Waals surface area contributed by atoms with E-state index in [-0.39, 0.29) is 0 Å². The number of thiazole rings is 1. The second-order valence-electron chi connectivity index (χ2n) is 8.82. The van der Waals surface area contributed by atoms with E-state index in [2.05, 4.69) is 41.4 Å². The molecule has 3 nitrogen and oxygen atoms in total. The first-order valence-corrected chi connectivity index (χ1v) is 11.5. The first kappa shape index (κ1) is 17.8. The van der Waals surface area contributed by atoms with Crippen molar-refractivity contribution < 1.29 is 4.74 Å². The fourth-order valence-electron chi connectivity index (χ4n) is 5.52. The summed E-state index contributed by atoms with van der Waals surface area (Å²) in [7, 11) is 0. The lowest BCUT2D eigenvalue weighted by Gasteiger charge is -2.27. The summed E-state index contributed by atoms with van der Waals surface area (Å²) in [5, 5.41) is 1.33. The summed E-state index contributed by atoms with van der Waals surface area (Å²) in [5.41, 5.74) is 1.30. The number of hydrogen-bond donors (Lipinski definition) is 0. The van der Waals surface area contributed by atoms with Gasteiger partial charge in [0.25, 0.3) is 0 Å². The van der Waals surface area contributed by atoms with E-state index >= 15 is 0 Å². The highest BCUT2D eigenvalue weighted by Gasteiger charge is 2.41. The van der Waals surface area contributed by atoms with Crippen LogP contribution in [0, 0.1) is 23.7 Å². The average molecular weight is 383 g/mol. The van der Waals surface area contributed by atoms with Crippen molar-refractivity contribution in [3.63, 3.8) is 0 Å². The maximum absolute atomic E-state index is 5.52. The van der Waals surface area contributed by atoms with Gasteiger partial charge in [0.05, 0.1) is 9.88 Å². The van der Waals surface area contributed by atoms with E-state index in [4.69, 9.17) is 9.72 Å². The Morgan fingerprint density at radius 3 is 2.48 bits per heavy atom. The Balaban J connectivity index is 1.13. The Kier molecular flexibility index (Phi) is 5.30. The van der Waals surface area contributed by atoms with Crippen LogP contribution in [0.25, 0.3) is 10.4 Å². The van der Waals surface area contributed by atoms with E-state index in [0.717, 1.165) is 36.9 Å². The van der Waals surface area contributed by atoms with E-state index in [0.29, 0.717) is 0 Å². The first-order chi connectivity index (χ1) is 13.3. The van der Waals surface area contributed by atoms with Crippen LogP contribution in [0.1, 0.15) is 30.7 Å². The van der Waals surface area contributed by atoms with Gasteiger partial charge in [-0.25, -0.2) is 4.98 Å². The zero-order chi connectivity index (χ0) is 18.1. The lowest BCUT2D eigenvalue weighted by atomic mass is 9.99. The fourth-order valence-corrected chi connectivity index (χ4v) is 6.56. The van der Waals surface area contributed by atoms with Gasteiger partial charge in [-0.05, 0) is 54.9 Å². The topological polar surface area (TPSA) is 25.4 Å². The van der Waals surface area contributed by atoms with Gasteiger partial charge in [-0.15, -0.1) is 11.3 Å². The van der Waals surface area contributed by atoms with Crippen LogP contribution >= 0.6 is 11.3 Å². The van der Waals surface area contributed by atoms with Crippen LogP contribution in [-0.2, 0) is 11.2 Å². The van der Waals surface area contributed by atoms with Crippen LogP contribution in [0.15, 0.2) is 36.5 Å². The molecule has 1 aliphatic carbocycles. The number of rotatable bonds is 5. The van der Waals surface area contributed by atoms with Crippen LogP contribution in [0.3, 0.4) is 0 Å². The van der Waals surface area contributed by atoms with Crippen LogP contribution in [0.4, 0.5) is 0 Å². The molecule has 3 fully saturated rings. The molecule has 0 bridgehead atoms. The predicted molar refractivity (Wildman–Crippen MR) is 111 cm³/mol. The Bertz CT molecular complexity index is 726. The quantitative estimate of drug-likeness (QED) is 0.747. The Hall–Kier alpha value is -1.23. The summed E-state index contributed by atoms with van der Waals surface area (Å²) in [6.45, 7) is 5.95. The van der Waals surface area contributed by atoms with Crippen molar-refractivity contribution in [2.75, 3.05) is 32.8 Å². The smallest absolute Gasteiger partial charge is 0.0934 e. The largest absolute Gasteiger partial charge is 0.381 e. The van der Waals surface area contributed by atoms with Crippen LogP contribution in [0.2, 0.25) is 0 Å². The molecule has 3 heterocycles. The molecule has 1 saturated carbocycles. The molecule has 2 saturated heterocycles. The monoisotopic (exact) mass is 382 g/mol. The van der Waals surface area contributed by atoms with Crippen LogP contribution < -0.4 is 0 Å². The summed E-state index contributed by atoms with van der Waals surface area (Å²) in [6, 6.07) is 10.7. The molecule has 1 aromatic carbocycles. The number of hydrogen-bond acceptors (Lipinski definition) is 4. The minimum absolute atomic E-state index is 0.847. The molecule has 0 N–H and O–H groups in total. The number of benzene rings is 1. The van der Waals surface area contributed by atoms with E-state index in [9.17, 15) is 0 Å². The van der Waals surface area contributed by atoms with E-state index in [1.54, 1.807) is 0 Å². The third kappa shape index (κ3) is 4.13. The number of nitrogens with zero attached hydrogens (tertiary/aromatic N) is 2. The van der Waals surface area contributed by atoms with Gasteiger partial charge in [-0.3, -0.25) is 0 Å². The van der Waals surface area contributed by atoms with Crippen molar-refractivity contribution in [2.45, 2.75) is 32.1 Å². The molecule has 1 aromatic heterocycles. The summed E-state index contributed by atoms with van der Waals surface area (Å²) < 4.78 is 5.52. The molecule has 1 unspecified atom stereocenters. The molecular weight excluding hydrogens is 352 g/mol. The molecule has 3 atom stereocenters. The molecular formula is C23H30N2OS. The zero-order valence-electron chi connectivity index (χ0n) is 16.1. The molecule has 0 radical (unpaired) electrons. The highest BCUT2D eigenvalue weighted by Crippen LogP contribution is 2.43. The van der Waals surface area contributed by atoms with Crippen molar-refractivity contribution in [3.8, 4) is 10.4 Å². The van der Waals surface area contributed by atoms with Gasteiger partial charge in [0, 0.05) is 45.5 Å². The summed E-state index contributed by atoms with van der Waals surface area (Å²) in [6.07, 6.45) is 8.61. The minimum Gasteiger partial charge on any atom is -0.381 e. The van der Waals surface area contributed by atoms with Crippen molar-refractivity contribution in [3.05, 3.63) is 41.5 Å². The second kappa shape index (κ2) is 8.02. The third-order valence-corrected chi connectivity index (χ3v) is 7.93. The van der Waals surface area contributed by atoms with Gasteiger partial charge < -0.3 is 9.64 Å². The summed E-state index contributed by atoms with van der Waals surface area (Å²) >= 11 is 1.89. The zero-order valence-corrected chi connectivity index (χ0v) is 16.9. The van der Waals surface area contributed by atoms with Gasteiger partial charge >= 0.3 is 0 Å². The Morgan fingerprint density at radius 1 is 1.00 bits per heavy atom. The van der Waals surface area contributed by atoms with Gasteiger partial charge in [0.2, 0.25) is 0 Å². The minimum atomic E-state index is 0.847. The molecule has 0 spiro atoms. The van der Waals surface area contributed by atoms with E-state index in [1.165, 1.54) is 67.2 Å². The van der Waals surface area contributed by atoms with Gasteiger partial charge in [-0.1, -0.05) is 30.3 Å². The van der Waals surface area contributed by atoms with Crippen LogP contribution in [-0.4, -0.2) is 42.7 Å². The molecule has 2 aromatic rings. The highest BCUT2D eigenvalue weighted by atomic mass is 32.1. The van der Waals surface area contributed by atoms with Crippen molar-refractivity contribution in [1.29, 1.82) is 0 Å². The van der Waals surface area contributed by atoms with Gasteiger partial charge in [-0.2, -0.15) is 0 Å². The summed E-state index contributed by atoms with van der Waals surface area (Å²) in [5.74, 6) is 3.59. The summed E-state index contributed by atoms with van der Waals surface area (Å²) in [4.78, 5) is 8.81. The van der Waals surface area contributed by atoms with Crippen molar-refractivity contribution in [2.24, 2.45) is 23.7 Å². The molecule has 5 rings (SSSR count). The third-order valence-electron chi connectivity index (χ3n) is 6.86. The molecule has 27 heavy (non-hydrogen) atoms. The van der Waals surface area contributed by atoms with E-state index in [1.807, 2.05) is 11.3 Å². The molecule has 0 amide bonds. The predicted octanol–water partition coefficient (Wildman–Crippen LogP) is 4.74.